The predicted molar refractivity (Wildman–Crippen MR) is 122 cm³/mol. The summed E-state index contributed by atoms with van der Waals surface area (Å²) in [4.78, 5) is 43.9. The predicted octanol–water partition coefficient (Wildman–Crippen LogP) is 1.51. The van der Waals surface area contributed by atoms with Crippen LogP contribution < -0.4 is 16.4 Å². The van der Waals surface area contributed by atoms with Crippen LogP contribution in [0.15, 0.2) is 18.2 Å². The number of imidazole rings is 1. The zero-order valence-corrected chi connectivity index (χ0v) is 19.7. The first-order valence-electron chi connectivity index (χ1n) is 10.8. The van der Waals surface area contributed by atoms with E-state index in [-0.39, 0.29) is 17.2 Å². The summed E-state index contributed by atoms with van der Waals surface area (Å²) in [5, 5.41) is 5.42. The molecule has 0 fully saturated rings. The summed E-state index contributed by atoms with van der Waals surface area (Å²) in [6.07, 6.45) is 0.818. The van der Waals surface area contributed by atoms with E-state index in [2.05, 4.69) is 20.5 Å². The second-order valence-electron chi connectivity index (χ2n) is 9.42. The maximum atomic E-state index is 14.5. The normalized spacial score (nSPS) is 15.3. The van der Waals surface area contributed by atoms with E-state index in [0.717, 1.165) is 13.0 Å². The summed E-state index contributed by atoms with van der Waals surface area (Å²) in [6, 6.07) is 3.32. The average molecular weight is 459 g/mol. The third kappa shape index (κ3) is 5.05. The van der Waals surface area contributed by atoms with Crippen LogP contribution in [-0.2, 0) is 17.9 Å². The fourth-order valence-corrected chi connectivity index (χ4v) is 4.00. The number of amides is 3. The lowest BCUT2D eigenvalue weighted by Crippen LogP contribution is -2.53. The zero-order chi connectivity index (χ0) is 24.5. The van der Waals surface area contributed by atoms with Gasteiger partial charge in [0.2, 0.25) is 5.91 Å². The Balaban J connectivity index is 2.08. The molecule has 0 radical (unpaired) electrons. The van der Waals surface area contributed by atoms with Crippen LogP contribution in [0.2, 0.25) is 0 Å². The number of nitrogens with one attached hydrogen (secondary N) is 2. The van der Waals surface area contributed by atoms with E-state index in [1.165, 1.54) is 19.2 Å². The first kappa shape index (κ1) is 24.4. The van der Waals surface area contributed by atoms with Crippen molar-refractivity contribution in [1.82, 2.24) is 25.1 Å². The minimum Gasteiger partial charge on any atom is -0.366 e. The molecular formula is C23H31FN6O3. The molecule has 178 valence electrons. The van der Waals surface area contributed by atoms with Gasteiger partial charge in [-0.05, 0) is 37.6 Å². The lowest BCUT2D eigenvalue weighted by Gasteiger charge is -2.29. The molecule has 2 heterocycles. The first-order valence-corrected chi connectivity index (χ1v) is 10.8. The van der Waals surface area contributed by atoms with Crippen molar-refractivity contribution in [3.8, 4) is 11.4 Å². The number of nitrogens with two attached hydrogens (primary N) is 1. The molecule has 0 bridgehead atoms. The van der Waals surface area contributed by atoms with Crippen LogP contribution in [0.25, 0.3) is 11.4 Å². The van der Waals surface area contributed by atoms with Gasteiger partial charge in [0.1, 0.15) is 17.7 Å². The van der Waals surface area contributed by atoms with E-state index in [0.29, 0.717) is 30.2 Å². The number of hydrogen-bond donors (Lipinski definition) is 3. The van der Waals surface area contributed by atoms with Crippen LogP contribution in [0.5, 0.6) is 0 Å². The minimum absolute atomic E-state index is 0.191. The highest BCUT2D eigenvalue weighted by atomic mass is 19.1. The second kappa shape index (κ2) is 9.30. The molecule has 2 aromatic rings. The fraction of sp³-hybridized carbons (Fsp3) is 0.478. The van der Waals surface area contributed by atoms with Crippen LogP contribution in [0.1, 0.15) is 53.7 Å². The van der Waals surface area contributed by atoms with E-state index < -0.39 is 29.1 Å². The number of halogens is 1. The third-order valence-corrected chi connectivity index (χ3v) is 5.77. The molecule has 4 N–H and O–H groups in total. The van der Waals surface area contributed by atoms with Crippen molar-refractivity contribution >= 4 is 17.7 Å². The lowest BCUT2D eigenvalue weighted by molar-refractivity contribution is -0.124. The second-order valence-corrected chi connectivity index (χ2v) is 9.42. The van der Waals surface area contributed by atoms with Crippen molar-refractivity contribution in [2.24, 2.45) is 11.1 Å². The number of carbonyl (C=O) groups excluding carboxylic acids is 3. The van der Waals surface area contributed by atoms with Gasteiger partial charge < -0.3 is 25.8 Å². The highest BCUT2D eigenvalue weighted by Gasteiger charge is 2.34. The van der Waals surface area contributed by atoms with Crippen LogP contribution in [0.4, 0.5) is 4.39 Å². The Labute approximate surface area is 192 Å². The van der Waals surface area contributed by atoms with Gasteiger partial charge in [0.15, 0.2) is 5.69 Å². The summed E-state index contributed by atoms with van der Waals surface area (Å²) in [6.45, 7) is 7.47. The minimum atomic E-state index is -0.856. The smallest absolute Gasteiger partial charge is 0.272 e. The average Bonchev–Trinajstić information content (AvgIpc) is 2.96. The van der Waals surface area contributed by atoms with Crippen LogP contribution >= 0.6 is 0 Å². The van der Waals surface area contributed by atoms with E-state index in [4.69, 9.17) is 5.73 Å². The summed E-state index contributed by atoms with van der Waals surface area (Å²) < 4.78 is 16.4. The fourth-order valence-electron chi connectivity index (χ4n) is 4.00. The number of aromatic nitrogens is 2. The summed E-state index contributed by atoms with van der Waals surface area (Å²) in [5.74, 6) is -1.96. The van der Waals surface area contributed by atoms with Crippen LogP contribution in [0.3, 0.4) is 0 Å². The molecule has 1 atom stereocenters. The van der Waals surface area contributed by atoms with Gasteiger partial charge >= 0.3 is 0 Å². The number of benzene rings is 1. The van der Waals surface area contributed by atoms with E-state index in [1.54, 1.807) is 6.07 Å². The summed E-state index contributed by atoms with van der Waals surface area (Å²) >= 11 is 0. The Bertz CT molecular complexity index is 1090. The molecule has 1 aromatic heterocycles. The highest BCUT2D eigenvalue weighted by molar-refractivity contribution is 5.98. The van der Waals surface area contributed by atoms with Gasteiger partial charge in [-0.1, -0.05) is 26.8 Å². The third-order valence-electron chi connectivity index (χ3n) is 5.77. The SMILES string of the molecule is CNC(=O)[C@@H](NC(=O)c1nc(-c2ccc(C(N)=O)c(F)c2)n2c1CN(C)CCC2)C(C)(C)C. The molecule has 1 aromatic carbocycles. The first-order chi connectivity index (χ1) is 15.4. The molecule has 0 aliphatic carbocycles. The van der Waals surface area contributed by atoms with E-state index in [9.17, 15) is 18.8 Å². The molecule has 33 heavy (non-hydrogen) atoms. The van der Waals surface area contributed by atoms with Crippen LogP contribution in [-0.4, -0.2) is 58.9 Å². The molecule has 0 saturated carbocycles. The lowest BCUT2D eigenvalue weighted by atomic mass is 9.86. The van der Waals surface area contributed by atoms with Gasteiger partial charge in [-0.2, -0.15) is 0 Å². The van der Waals surface area contributed by atoms with E-state index >= 15 is 0 Å². The Hall–Kier alpha value is -3.27. The van der Waals surface area contributed by atoms with Gasteiger partial charge in [0.25, 0.3) is 11.8 Å². The van der Waals surface area contributed by atoms with Crippen molar-refractivity contribution in [2.45, 2.75) is 46.3 Å². The van der Waals surface area contributed by atoms with Crippen molar-refractivity contribution in [3.05, 3.63) is 41.0 Å². The monoisotopic (exact) mass is 458 g/mol. The maximum absolute atomic E-state index is 14.5. The number of hydrogen-bond acceptors (Lipinski definition) is 5. The Morgan fingerprint density at radius 1 is 1.21 bits per heavy atom. The molecule has 0 unspecified atom stereocenters. The highest BCUT2D eigenvalue weighted by Crippen LogP contribution is 2.28. The van der Waals surface area contributed by atoms with Gasteiger partial charge in [-0.15, -0.1) is 0 Å². The Morgan fingerprint density at radius 2 is 1.91 bits per heavy atom. The summed E-state index contributed by atoms with van der Waals surface area (Å²) in [5.41, 5.74) is 5.79. The number of fused-ring (bicyclic) bond motifs is 1. The molecule has 3 rings (SSSR count). The Kier molecular flexibility index (Phi) is 6.87. The molecule has 0 saturated heterocycles. The van der Waals surface area contributed by atoms with Crippen molar-refractivity contribution < 1.29 is 18.8 Å². The van der Waals surface area contributed by atoms with Gasteiger partial charge in [-0.3, -0.25) is 14.4 Å². The molecule has 3 amide bonds. The molecular weight excluding hydrogens is 427 g/mol. The quantitative estimate of drug-likeness (QED) is 0.627. The molecule has 0 spiro atoms. The largest absolute Gasteiger partial charge is 0.366 e. The summed E-state index contributed by atoms with van der Waals surface area (Å²) in [7, 11) is 3.47. The van der Waals surface area contributed by atoms with Crippen molar-refractivity contribution in [3.63, 3.8) is 0 Å². The number of likely N-dealkylation sites (N-methyl/N-ethyl adjacent to an activating group) is 1. The standard InChI is InChI=1S/C23H31FN6O3/c1-23(2,3)18(22(33)26-4)28-21(32)17-16-12-29(5)9-6-10-30(16)20(27-17)13-7-8-14(19(25)31)15(24)11-13/h7-8,11,18H,6,9-10,12H2,1-5H3,(H2,25,31)(H,26,33)(H,28,32)/t18-/m1/s1. The number of rotatable bonds is 5. The molecule has 10 heteroatoms. The topological polar surface area (TPSA) is 122 Å². The molecule has 1 aliphatic heterocycles. The maximum Gasteiger partial charge on any atom is 0.272 e. The van der Waals surface area contributed by atoms with Crippen molar-refractivity contribution in [1.29, 1.82) is 0 Å². The zero-order valence-electron chi connectivity index (χ0n) is 19.7. The number of nitrogens with zero attached hydrogens (tertiary/aromatic N) is 3. The number of carbonyl (C=O) groups is 3. The number of primary amides is 1. The van der Waals surface area contributed by atoms with Crippen LogP contribution in [0, 0.1) is 11.2 Å². The van der Waals surface area contributed by atoms with Crippen molar-refractivity contribution in [2.75, 3.05) is 20.6 Å². The van der Waals surface area contributed by atoms with E-state index in [1.807, 2.05) is 32.4 Å². The van der Waals surface area contributed by atoms with Gasteiger partial charge in [0.05, 0.1) is 11.3 Å². The Morgan fingerprint density at radius 3 is 2.48 bits per heavy atom. The molecule has 9 nitrogen and oxygen atoms in total. The van der Waals surface area contributed by atoms with Gasteiger partial charge in [0, 0.05) is 25.7 Å². The van der Waals surface area contributed by atoms with Gasteiger partial charge in [-0.25, -0.2) is 9.37 Å². The molecule has 1 aliphatic rings.